The maximum absolute atomic E-state index is 6.23. The van der Waals surface area contributed by atoms with Gasteiger partial charge in [-0.05, 0) is 12.5 Å². The van der Waals surface area contributed by atoms with Crippen LogP contribution in [0.5, 0.6) is 11.8 Å². The fourth-order valence-electron chi connectivity index (χ4n) is 1.85. The molecule has 0 bridgehead atoms. The van der Waals surface area contributed by atoms with Gasteiger partial charge < -0.3 is 15.2 Å². The monoisotopic (exact) mass is 259 g/mol. The van der Waals surface area contributed by atoms with Crippen molar-refractivity contribution in [2.45, 2.75) is 13.0 Å². The third kappa shape index (κ3) is 2.82. The van der Waals surface area contributed by atoms with Gasteiger partial charge in [-0.1, -0.05) is 29.8 Å². The molecule has 1 aromatic carbocycles. The summed E-state index contributed by atoms with van der Waals surface area (Å²) in [7, 11) is 3.07. The molecule has 5 nitrogen and oxygen atoms in total. The van der Waals surface area contributed by atoms with Gasteiger partial charge in [0.25, 0.3) is 0 Å². The average molecular weight is 259 g/mol. The minimum Gasteiger partial charge on any atom is -0.480 e. The van der Waals surface area contributed by atoms with Crippen LogP contribution in [0.25, 0.3) is 0 Å². The van der Waals surface area contributed by atoms with Gasteiger partial charge in [-0.15, -0.1) is 0 Å². The summed E-state index contributed by atoms with van der Waals surface area (Å²) in [5.41, 5.74) is 8.94. The van der Waals surface area contributed by atoms with Crippen LogP contribution in [0.15, 0.2) is 30.5 Å². The molecular weight excluding hydrogens is 242 g/mol. The molecule has 0 spiro atoms. The molecule has 2 rings (SSSR count). The Balaban J connectivity index is 2.40. The SMILES string of the molecule is COc1cnc(C(N)c2cccc(C)c2)c(OC)n1. The maximum Gasteiger partial charge on any atom is 0.240 e. The molecule has 0 aliphatic heterocycles. The van der Waals surface area contributed by atoms with Crippen molar-refractivity contribution in [1.29, 1.82) is 0 Å². The van der Waals surface area contributed by atoms with Gasteiger partial charge in [-0.3, -0.25) is 0 Å². The third-order valence-corrected chi connectivity index (χ3v) is 2.84. The van der Waals surface area contributed by atoms with E-state index >= 15 is 0 Å². The molecule has 1 unspecified atom stereocenters. The minimum atomic E-state index is -0.381. The Morgan fingerprint density at radius 1 is 1.21 bits per heavy atom. The fourth-order valence-corrected chi connectivity index (χ4v) is 1.85. The van der Waals surface area contributed by atoms with E-state index in [9.17, 15) is 0 Å². The second-order valence-corrected chi connectivity index (χ2v) is 4.20. The van der Waals surface area contributed by atoms with Crippen LogP contribution in [0, 0.1) is 6.92 Å². The number of rotatable bonds is 4. The number of hydrogen-bond donors (Lipinski definition) is 1. The molecule has 0 amide bonds. The highest BCUT2D eigenvalue weighted by Gasteiger charge is 2.18. The van der Waals surface area contributed by atoms with Crippen molar-refractivity contribution in [2.75, 3.05) is 14.2 Å². The predicted molar refractivity (Wildman–Crippen MR) is 72.3 cm³/mol. The molecule has 19 heavy (non-hydrogen) atoms. The van der Waals surface area contributed by atoms with E-state index in [2.05, 4.69) is 9.97 Å². The first kappa shape index (κ1) is 13.3. The second kappa shape index (κ2) is 5.67. The largest absolute Gasteiger partial charge is 0.480 e. The van der Waals surface area contributed by atoms with E-state index < -0.39 is 0 Å². The Labute approximate surface area is 112 Å². The lowest BCUT2D eigenvalue weighted by molar-refractivity contribution is 0.355. The molecule has 2 N–H and O–H groups in total. The molecule has 1 aromatic heterocycles. The minimum absolute atomic E-state index is 0.381. The molecule has 0 aliphatic carbocycles. The lowest BCUT2D eigenvalue weighted by Gasteiger charge is -2.15. The first-order valence-corrected chi connectivity index (χ1v) is 5.92. The van der Waals surface area contributed by atoms with Crippen LogP contribution in [-0.2, 0) is 0 Å². The normalized spacial score (nSPS) is 12.0. The number of benzene rings is 1. The topological polar surface area (TPSA) is 70.3 Å². The van der Waals surface area contributed by atoms with Gasteiger partial charge in [-0.2, -0.15) is 4.98 Å². The molecular formula is C14H17N3O2. The van der Waals surface area contributed by atoms with E-state index in [4.69, 9.17) is 15.2 Å². The number of ether oxygens (including phenoxy) is 2. The van der Waals surface area contributed by atoms with Crippen LogP contribution in [-0.4, -0.2) is 24.2 Å². The smallest absolute Gasteiger partial charge is 0.240 e. The summed E-state index contributed by atoms with van der Waals surface area (Å²) in [6.45, 7) is 2.02. The van der Waals surface area contributed by atoms with E-state index in [1.807, 2.05) is 31.2 Å². The Morgan fingerprint density at radius 2 is 2.00 bits per heavy atom. The first-order valence-electron chi connectivity index (χ1n) is 5.92. The zero-order valence-electron chi connectivity index (χ0n) is 11.3. The van der Waals surface area contributed by atoms with Crippen molar-refractivity contribution in [3.63, 3.8) is 0 Å². The Kier molecular flexibility index (Phi) is 3.97. The molecule has 1 atom stereocenters. The molecule has 0 aliphatic rings. The average Bonchev–Trinajstić information content (AvgIpc) is 2.45. The zero-order valence-corrected chi connectivity index (χ0v) is 11.3. The summed E-state index contributed by atoms with van der Waals surface area (Å²) in [5, 5.41) is 0. The first-order chi connectivity index (χ1) is 9.15. The number of nitrogens with two attached hydrogens (primary N) is 1. The van der Waals surface area contributed by atoms with E-state index in [0.29, 0.717) is 17.5 Å². The van der Waals surface area contributed by atoms with Crippen molar-refractivity contribution in [2.24, 2.45) is 5.73 Å². The molecule has 0 saturated carbocycles. The summed E-state index contributed by atoms with van der Waals surface area (Å²) in [4.78, 5) is 8.48. The van der Waals surface area contributed by atoms with Crippen LogP contribution >= 0.6 is 0 Å². The van der Waals surface area contributed by atoms with Gasteiger partial charge in [0, 0.05) is 0 Å². The summed E-state index contributed by atoms with van der Waals surface area (Å²) < 4.78 is 10.2. The summed E-state index contributed by atoms with van der Waals surface area (Å²) in [6.07, 6.45) is 1.54. The highest BCUT2D eigenvalue weighted by atomic mass is 16.5. The standard InChI is InChI=1S/C14H17N3O2/c1-9-5-4-6-10(7-9)12(15)13-14(19-3)17-11(18-2)8-16-13/h4-8,12H,15H2,1-3H3. The van der Waals surface area contributed by atoms with E-state index in [1.54, 1.807) is 0 Å². The maximum atomic E-state index is 6.23. The van der Waals surface area contributed by atoms with Gasteiger partial charge in [0.05, 0.1) is 26.5 Å². The third-order valence-electron chi connectivity index (χ3n) is 2.84. The molecule has 5 heteroatoms. The van der Waals surface area contributed by atoms with Crippen LogP contribution in [0.1, 0.15) is 22.9 Å². The summed E-state index contributed by atoms with van der Waals surface area (Å²) in [6, 6.07) is 7.59. The van der Waals surface area contributed by atoms with Gasteiger partial charge in [0.1, 0.15) is 5.69 Å². The van der Waals surface area contributed by atoms with E-state index in [-0.39, 0.29) is 6.04 Å². The molecule has 100 valence electrons. The van der Waals surface area contributed by atoms with Crippen LogP contribution in [0.3, 0.4) is 0 Å². The number of aryl methyl sites for hydroxylation is 1. The molecule has 2 aromatic rings. The van der Waals surface area contributed by atoms with Crippen molar-refractivity contribution >= 4 is 0 Å². The zero-order chi connectivity index (χ0) is 13.8. The number of nitrogens with zero attached hydrogens (tertiary/aromatic N) is 2. The number of aromatic nitrogens is 2. The van der Waals surface area contributed by atoms with Crippen molar-refractivity contribution in [1.82, 2.24) is 9.97 Å². The van der Waals surface area contributed by atoms with Crippen molar-refractivity contribution < 1.29 is 9.47 Å². The Hall–Kier alpha value is -2.14. The molecule has 0 radical (unpaired) electrons. The van der Waals surface area contributed by atoms with Crippen LogP contribution in [0.4, 0.5) is 0 Å². The summed E-state index contributed by atoms with van der Waals surface area (Å²) >= 11 is 0. The van der Waals surface area contributed by atoms with Gasteiger partial charge >= 0.3 is 0 Å². The lowest BCUT2D eigenvalue weighted by Crippen LogP contribution is -2.16. The second-order valence-electron chi connectivity index (χ2n) is 4.20. The highest BCUT2D eigenvalue weighted by molar-refractivity contribution is 5.35. The highest BCUT2D eigenvalue weighted by Crippen LogP contribution is 2.26. The van der Waals surface area contributed by atoms with Crippen LogP contribution < -0.4 is 15.2 Å². The van der Waals surface area contributed by atoms with Gasteiger partial charge in [-0.25, -0.2) is 4.98 Å². The van der Waals surface area contributed by atoms with E-state index in [0.717, 1.165) is 11.1 Å². The van der Waals surface area contributed by atoms with Crippen molar-refractivity contribution in [3.05, 3.63) is 47.3 Å². The van der Waals surface area contributed by atoms with Gasteiger partial charge in [0.2, 0.25) is 11.8 Å². The molecule has 1 heterocycles. The quantitative estimate of drug-likeness (QED) is 0.907. The Morgan fingerprint density at radius 3 is 2.63 bits per heavy atom. The number of methoxy groups -OCH3 is 2. The Bertz CT molecular complexity index is 572. The molecule has 0 fully saturated rings. The molecule has 0 saturated heterocycles. The summed E-state index contributed by atoms with van der Waals surface area (Å²) in [5.74, 6) is 0.783. The van der Waals surface area contributed by atoms with E-state index in [1.165, 1.54) is 20.4 Å². The fraction of sp³-hybridized carbons (Fsp3) is 0.286. The van der Waals surface area contributed by atoms with Gasteiger partial charge in [0.15, 0.2) is 0 Å². The van der Waals surface area contributed by atoms with Crippen LogP contribution in [0.2, 0.25) is 0 Å². The van der Waals surface area contributed by atoms with Crippen molar-refractivity contribution in [3.8, 4) is 11.8 Å². The number of hydrogen-bond acceptors (Lipinski definition) is 5. The predicted octanol–water partition coefficient (Wildman–Crippen LogP) is 1.85. The lowest BCUT2D eigenvalue weighted by atomic mass is 10.0.